The first-order valence-corrected chi connectivity index (χ1v) is 8.07. The van der Waals surface area contributed by atoms with E-state index in [1.165, 1.54) is 0 Å². The van der Waals surface area contributed by atoms with Crippen LogP contribution in [0.25, 0.3) is 6.08 Å². The van der Waals surface area contributed by atoms with E-state index in [1.807, 2.05) is 60.7 Å². The van der Waals surface area contributed by atoms with E-state index in [4.69, 9.17) is 23.2 Å². The first-order valence-electron chi connectivity index (χ1n) is 7.31. The number of aliphatic imine (C=N–C) groups is 1. The topological polar surface area (TPSA) is 36.1 Å². The summed E-state index contributed by atoms with van der Waals surface area (Å²) < 4.78 is 0. The SMILES string of the molecule is N#C[C@@H]1N=C(/C=C/c2ccc(Cl)cc2)C[C@@H]1c1ccc(Cl)cc1. The monoisotopic (exact) mass is 340 g/mol. The summed E-state index contributed by atoms with van der Waals surface area (Å²) in [7, 11) is 0. The fourth-order valence-corrected chi connectivity index (χ4v) is 2.92. The fraction of sp³-hybridized carbons (Fsp3) is 0.158. The minimum Gasteiger partial charge on any atom is -0.271 e. The molecule has 2 aromatic carbocycles. The van der Waals surface area contributed by atoms with E-state index >= 15 is 0 Å². The lowest BCUT2D eigenvalue weighted by atomic mass is 9.90. The van der Waals surface area contributed by atoms with E-state index in [0.717, 1.165) is 23.3 Å². The Morgan fingerprint density at radius 1 is 0.957 bits per heavy atom. The van der Waals surface area contributed by atoms with Gasteiger partial charge in [-0.05, 0) is 47.9 Å². The van der Waals surface area contributed by atoms with Crippen molar-refractivity contribution < 1.29 is 0 Å². The molecule has 0 bridgehead atoms. The van der Waals surface area contributed by atoms with Gasteiger partial charge in [-0.1, -0.05) is 53.5 Å². The Hall–Kier alpha value is -2.08. The number of allylic oxidation sites excluding steroid dienone is 1. The van der Waals surface area contributed by atoms with Crippen LogP contribution in [0.5, 0.6) is 0 Å². The number of rotatable bonds is 3. The molecule has 1 aliphatic heterocycles. The lowest BCUT2D eigenvalue weighted by Crippen LogP contribution is -2.09. The molecule has 0 radical (unpaired) electrons. The molecule has 1 heterocycles. The molecule has 3 rings (SSSR count). The van der Waals surface area contributed by atoms with E-state index in [1.54, 1.807) is 0 Å². The first-order chi connectivity index (χ1) is 11.2. The van der Waals surface area contributed by atoms with Crippen LogP contribution in [0.15, 0.2) is 59.6 Å². The molecule has 0 fully saturated rings. The average molecular weight is 341 g/mol. The molecule has 4 heteroatoms. The first kappa shape index (κ1) is 15.8. The minimum absolute atomic E-state index is 0.0853. The lowest BCUT2D eigenvalue weighted by Gasteiger charge is -2.12. The van der Waals surface area contributed by atoms with Crippen molar-refractivity contribution in [3.05, 3.63) is 75.8 Å². The Kier molecular flexibility index (Phi) is 4.81. The predicted octanol–water partition coefficient (Wildman–Crippen LogP) is 5.53. The molecule has 1 aliphatic rings. The molecule has 2 atom stereocenters. The highest BCUT2D eigenvalue weighted by Crippen LogP contribution is 2.32. The van der Waals surface area contributed by atoms with Crippen molar-refractivity contribution in [1.29, 1.82) is 5.26 Å². The van der Waals surface area contributed by atoms with Crippen molar-refractivity contribution in [3.8, 4) is 6.07 Å². The normalized spacial score (nSPS) is 20.5. The predicted molar refractivity (Wildman–Crippen MR) is 96.1 cm³/mol. The zero-order valence-electron chi connectivity index (χ0n) is 12.3. The van der Waals surface area contributed by atoms with Gasteiger partial charge in [0, 0.05) is 21.7 Å². The zero-order chi connectivity index (χ0) is 16.2. The second kappa shape index (κ2) is 7.00. The van der Waals surface area contributed by atoms with Gasteiger partial charge in [-0.15, -0.1) is 0 Å². The van der Waals surface area contributed by atoms with Gasteiger partial charge in [0.05, 0.1) is 6.07 Å². The molecule has 0 saturated carbocycles. The Labute approximate surface area is 145 Å². The van der Waals surface area contributed by atoms with Crippen LogP contribution in [0, 0.1) is 11.3 Å². The van der Waals surface area contributed by atoms with Crippen LogP contribution in [0.1, 0.15) is 23.5 Å². The van der Waals surface area contributed by atoms with Gasteiger partial charge in [0.1, 0.15) is 6.04 Å². The van der Waals surface area contributed by atoms with Gasteiger partial charge in [-0.3, -0.25) is 4.99 Å². The van der Waals surface area contributed by atoms with Crippen molar-refractivity contribution >= 4 is 35.0 Å². The smallest absolute Gasteiger partial charge is 0.144 e. The Morgan fingerprint density at radius 3 is 2.17 bits per heavy atom. The van der Waals surface area contributed by atoms with E-state index in [0.29, 0.717) is 10.0 Å². The summed E-state index contributed by atoms with van der Waals surface area (Å²) in [6.07, 6.45) is 4.72. The summed E-state index contributed by atoms with van der Waals surface area (Å²) in [5, 5.41) is 10.8. The lowest BCUT2D eigenvalue weighted by molar-refractivity contribution is 0.687. The number of nitrogens with zero attached hydrogens (tertiary/aromatic N) is 2. The Balaban J connectivity index is 1.76. The molecule has 0 spiro atoms. The maximum atomic E-state index is 9.36. The maximum absolute atomic E-state index is 9.36. The fourth-order valence-electron chi connectivity index (χ4n) is 2.66. The highest BCUT2D eigenvalue weighted by Gasteiger charge is 2.29. The molecule has 114 valence electrons. The molecular formula is C19H14Cl2N2. The molecule has 0 saturated heterocycles. The van der Waals surface area contributed by atoms with E-state index in [9.17, 15) is 5.26 Å². The van der Waals surface area contributed by atoms with Gasteiger partial charge in [-0.25, -0.2) is 0 Å². The number of benzene rings is 2. The molecule has 0 aliphatic carbocycles. The van der Waals surface area contributed by atoms with Crippen molar-refractivity contribution in [1.82, 2.24) is 0 Å². The second-order valence-electron chi connectivity index (χ2n) is 5.44. The second-order valence-corrected chi connectivity index (χ2v) is 6.31. The van der Waals surface area contributed by atoms with Gasteiger partial charge < -0.3 is 0 Å². The third-order valence-electron chi connectivity index (χ3n) is 3.88. The molecular weight excluding hydrogens is 327 g/mol. The van der Waals surface area contributed by atoms with E-state index < -0.39 is 0 Å². The van der Waals surface area contributed by atoms with Crippen LogP contribution >= 0.6 is 23.2 Å². The Morgan fingerprint density at radius 2 is 1.57 bits per heavy atom. The van der Waals surface area contributed by atoms with E-state index in [2.05, 4.69) is 11.1 Å². The molecule has 23 heavy (non-hydrogen) atoms. The van der Waals surface area contributed by atoms with Crippen LogP contribution in [0.2, 0.25) is 10.0 Å². The maximum Gasteiger partial charge on any atom is 0.144 e. The van der Waals surface area contributed by atoms with Crippen LogP contribution in [-0.2, 0) is 0 Å². The van der Waals surface area contributed by atoms with Crippen molar-refractivity contribution in [2.45, 2.75) is 18.4 Å². The number of hydrogen-bond donors (Lipinski definition) is 0. The Bertz CT molecular complexity index is 784. The molecule has 2 aromatic rings. The van der Waals surface area contributed by atoms with Gasteiger partial charge in [0.25, 0.3) is 0 Å². The third kappa shape index (κ3) is 3.82. The quantitative estimate of drug-likeness (QED) is 0.723. The van der Waals surface area contributed by atoms with Gasteiger partial charge >= 0.3 is 0 Å². The minimum atomic E-state index is -0.346. The number of halogens is 2. The van der Waals surface area contributed by atoms with Gasteiger partial charge in [-0.2, -0.15) is 5.26 Å². The van der Waals surface area contributed by atoms with Crippen molar-refractivity contribution in [3.63, 3.8) is 0 Å². The number of nitriles is 1. The standard InChI is InChI=1S/C19H14Cl2N2/c20-15-6-1-13(2-7-15)3-10-17-11-18(19(12-22)23-17)14-4-8-16(21)9-5-14/h1-10,18-19H,11H2/b10-3+/t18-,19+/m1/s1. The van der Waals surface area contributed by atoms with Crippen LogP contribution < -0.4 is 0 Å². The summed E-state index contributed by atoms with van der Waals surface area (Å²) in [6.45, 7) is 0. The van der Waals surface area contributed by atoms with Gasteiger partial charge in [0.2, 0.25) is 0 Å². The van der Waals surface area contributed by atoms with Crippen molar-refractivity contribution in [2.75, 3.05) is 0 Å². The summed E-state index contributed by atoms with van der Waals surface area (Å²) >= 11 is 11.8. The molecule has 0 N–H and O–H groups in total. The van der Waals surface area contributed by atoms with Crippen LogP contribution in [-0.4, -0.2) is 11.8 Å². The summed E-state index contributed by atoms with van der Waals surface area (Å²) in [6, 6.07) is 17.2. The summed E-state index contributed by atoms with van der Waals surface area (Å²) in [4.78, 5) is 4.53. The zero-order valence-corrected chi connectivity index (χ0v) is 13.8. The molecule has 0 amide bonds. The highest BCUT2D eigenvalue weighted by atomic mass is 35.5. The largest absolute Gasteiger partial charge is 0.271 e. The number of hydrogen-bond acceptors (Lipinski definition) is 2. The molecule has 0 unspecified atom stereocenters. The summed E-state index contributed by atoms with van der Waals surface area (Å²) in [5.41, 5.74) is 3.09. The van der Waals surface area contributed by atoms with Crippen LogP contribution in [0.4, 0.5) is 0 Å². The highest BCUT2D eigenvalue weighted by molar-refractivity contribution is 6.30. The van der Waals surface area contributed by atoms with Crippen LogP contribution in [0.3, 0.4) is 0 Å². The average Bonchev–Trinajstić information content (AvgIpc) is 2.98. The van der Waals surface area contributed by atoms with E-state index in [-0.39, 0.29) is 12.0 Å². The third-order valence-corrected chi connectivity index (χ3v) is 4.39. The molecule has 0 aromatic heterocycles. The molecule has 2 nitrogen and oxygen atoms in total. The van der Waals surface area contributed by atoms with Crippen molar-refractivity contribution in [2.24, 2.45) is 4.99 Å². The summed E-state index contributed by atoms with van der Waals surface area (Å²) in [5.74, 6) is 0.0853. The van der Waals surface area contributed by atoms with Gasteiger partial charge in [0.15, 0.2) is 0 Å².